The lowest BCUT2D eigenvalue weighted by Crippen LogP contribution is -2.52. The van der Waals surface area contributed by atoms with Crippen LogP contribution in [0.1, 0.15) is 36.8 Å². The van der Waals surface area contributed by atoms with Crippen LogP contribution in [-0.4, -0.2) is 33.0 Å². The zero-order chi connectivity index (χ0) is 18.3. The summed E-state index contributed by atoms with van der Waals surface area (Å²) >= 11 is 0. The molecule has 26 heavy (non-hydrogen) atoms. The Kier molecular flexibility index (Phi) is 4.23. The third-order valence-corrected chi connectivity index (χ3v) is 5.58. The molecule has 0 spiro atoms. The van der Waals surface area contributed by atoms with Gasteiger partial charge in [0.05, 0.1) is 12.0 Å². The predicted molar refractivity (Wildman–Crippen MR) is 91.1 cm³/mol. The maximum Gasteiger partial charge on any atom is 0.227 e. The lowest BCUT2D eigenvalue weighted by atomic mass is 9.81. The summed E-state index contributed by atoms with van der Waals surface area (Å²) < 4.78 is 27.1. The van der Waals surface area contributed by atoms with Crippen molar-refractivity contribution in [1.82, 2.24) is 9.88 Å². The van der Waals surface area contributed by atoms with Crippen molar-refractivity contribution in [2.24, 2.45) is 0 Å². The van der Waals surface area contributed by atoms with Crippen LogP contribution in [0.4, 0.5) is 8.78 Å². The van der Waals surface area contributed by atoms with Gasteiger partial charge in [-0.05, 0) is 36.6 Å². The Morgan fingerprint density at radius 3 is 2.42 bits per heavy atom. The van der Waals surface area contributed by atoms with E-state index >= 15 is 0 Å². The molecule has 6 heteroatoms. The van der Waals surface area contributed by atoms with E-state index < -0.39 is 11.5 Å². The lowest BCUT2D eigenvalue weighted by Gasteiger charge is -2.44. The molecule has 1 aromatic carbocycles. The highest BCUT2D eigenvalue weighted by Crippen LogP contribution is 2.46. The highest BCUT2D eigenvalue weighted by atomic mass is 19.1. The fourth-order valence-electron chi connectivity index (χ4n) is 4.45. The van der Waals surface area contributed by atoms with E-state index in [1.165, 1.54) is 18.3 Å². The average molecular weight is 358 g/mol. The number of halogens is 2. The zero-order valence-electron chi connectivity index (χ0n) is 14.2. The van der Waals surface area contributed by atoms with Gasteiger partial charge in [-0.3, -0.25) is 4.79 Å². The fourth-order valence-corrected chi connectivity index (χ4v) is 4.45. The summed E-state index contributed by atoms with van der Waals surface area (Å²) in [6, 6.07) is 8.86. The predicted octanol–water partition coefficient (Wildman–Crippen LogP) is 2.94. The largest absolute Gasteiger partial charge is 0.385 e. The molecule has 2 bridgehead atoms. The van der Waals surface area contributed by atoms with Gasteiger partial charge < -0.3 is 10.0 Å². The molecule has 0 aliphatic carbocycles. The van der Waals surface area contributed by atoms with E-state index in [0.717, 1.165) is 18.4 Å². The van der Waals surface area contributed by atoms with Crippen molar-refractivity contribution >= 4 is 5.91 Å². The summed E-state index contributed by atoms with van der Waals surface area (Å²) in [6.07, 6.45) is 3.77. The Bertz CT molecular complexity index is 811. The number of carbonyl (C=O) groups is 1. The molecular weight excluding hydrogens is 338 g/mol. The highest BCUT2D eigenvalue weighted by molar-refractivity contribution is 5.80. The van der Waals surface area contributed by atoms with E-state index in [9.17, 15) is 18.7 Å². The van der Waals surface area contributed by atoms with Gasteiger partial charge in [0, 0.05) is 36.7 Å². The van der Waals surface area contributed by atoms with E-state index in [-0.39, 0.29) is 35.8 Å². The third-order valence-electron chi connectivity index (χ3n) is 5.58. The summed E-state index contributed by atoms with van der Waals surface area (Å²) in [5.41, 5.74) is -0.325. The Hall–Kier alpha value is -2.34. The normalized spacial score (nSPS) is 27.6. The number of piperidine rings is 1. The van der Waals surface area contributed by atoms with Crippen LogP contribution in [-0.2, 0) is 16.8 Å². The number of fused-ring (bicyclic) bond motifs is 2. The maximum absolute atomic E-state index is 14.1. The molecule has 2 aliphatic rings. The van der Waals surface area contributed by atoms with Crippen LogP contribution >= 0.6 is 0 Å². The third kappa shape index (κ3) is 2.98. The minimum absolute atomic E-state index is 0.0298. The number of aromatic nitrogens is 1. The van der Waals surface area contributed by atoms with Crippen molar-refractivity contribution in [2.45, 2.75) is 49.8 Å². The second-order valence-corrected chi connectivity index (χ2v) is 7.27. The smallest absolute Gasteiger partial charge is 0.227 e. The summed E-state index contributed by atoms with van der Waals surface area (Å²) in [6.45, 7) is 0. The van der Waals surface area contributed by atoms with Crippen LogP contribution in [0, 0.1) is 11.8 Å². The highest BCUT2D eigenvalue weighted by Gasteiger charge is 2.50. The Balaban J connectivity index is 1.52. The van der Waals surface area contributed by atoms with Crippen molar-refractivity contribution < 1.29 is 18.7 Å². The van der Waals surface area contributed by atoms with Crippen LogP contribution in [0.5, 0.6) is 0 Å². The van der Waals surface area contributed by atoms with Crippen molar-refractivity contribution in [3.8, 4) is 0 Å². The molecule has 4 rings (SSSR count). The SMILES string of the molecule is O=C(Cc1ccc(F)cc1)N1[C@H]2CC[C@H]1CC(O)(c1cccnc1F)C2. The van der Waals surface area contributed by atoms with Crippen molar-refractivity contribution in [2.75, 3.05) is 0 Å². The van der Waals surface area contributed by atoms with Crippen molar-refractivity contribution in [1.29, 1.82) is 0 Å². The summed E-state index contributed by atoms with van der Waals surface area (Å²) in [5, 5.41) is 11.1. The molecule has 2 aliphatic heterocycles. The monoisotopic (exact) mass is 358 g/mol. The van der Waals surface area contributed by atoms with Crippen LogP contribution in [0.25, 0.3) is 0 Å². The van der Waals surface area contributed by atoms with Crippen LogP contribution < -0.4 is 0 Å². The van der Waals surface area contributed by atoms with Gasteiger partial charge >= 0.3 is 0 Å². The van der Waals surface area contributed by atoms with Gasteiger partial charge in [-0.2, -0.15) is 4.39 Å². The first kappa shape index (κ1) is 17.1. The van der Waals surface area contributed by atoms with E-state index in [4.69, 9.17) is 0 Å². The lowest BCUT2D eigenvalue weighted by molar-refractivity contribution is -0.141. The van der Waals surface area contributed by atoms with Crippen molar-refractivity contribution in [3.05, 3.63) is 65.5 Å². The van der Waals surface area contributed by atoms with Crippen LogP contribution in [0.3, 0.4) is 0 Å². The second kappa shape index (κ2) is 6.43. The zero-order valence-corrected chi connectivity index (χ0v) is 14.2. The molecule has 1 aromatic heterocycles. The number of rotatable bonds is 3. The second-order valence-electron chi connectivity index (χ2n) is 7.27. The molecule has 4 nitrogen and oxygen atoms in total. The van der Waals surface area contributed by atoms with Gasteiger partial charge in [-0.1, -0.05) is 18.2 Å². The van der Waals surface area contributed by atoms with Gasteiger partial charge in [0.1, 0.15) is 5.82 Å². The van der Waals surface area contributed by atoms with E-state index in [2.05, 4.69) is 4.98 Å². The molecule has 2 atom stereocenters. The molecule has 2 saturated heterocycles. The summed E-state index contributed by atoms with van der Waals surface area (Å²) in [4.78, 5) is 18.3. The quantitative estimate of drug-likeness (QED) is 0.859. The number of carbonyl (C=O) groups excluding carboxylic acids is 1. The molecule has 1 N–H and O–H groups in total. The molecular formula is C20H20F2N2O2. The minimum atomic E-state index is -1.29. The molecule has 3 heterocycles. The molecule has 2 fully saturated rings. The number of benzene rings is 1. The minimum Gasteiger partial charge on any atom is -0.385 e. The Labute approximate surface area is 150 Å². The van der Waals surface area contributed by atoms with Gasteiger partial charge in [0.2, 0.25) is 11.9 Å². The number of amides is 1. The van der Waals surface area contributed by atoms with Gasteiger partial charge in [-0.15, -0.1) is 0 Å². The van der Waals surface area contributed by atoms with Crippen LogP contribution in [0.2, 0.25) is 0 Å². The number of nitrogens with zero attached hydrogens (tertiary/aromatic N) is 2. The molecule has 1 amide bonds. The summed E-state index contributed by atoms with van der Waals surface area (Å²) in [7, 11) is 0. The van der Waals surface area contributed by atoms with Gasteiger partial charge in [-0.25, -0.2) is 9.37 Å². The molecule has 0 unspecified atom stereocenters. The van der Waals surface area contributed by atoms with E-state index in [1.54, 1.807) is 24.3 Å². The standard InChI is InChI=1S/C20H20F2N2O2/c21-14-5-3-13(4-6-14)10-18(25)24-15-7-8-16(24)12-20(26,11-15)17-2-1-9-23-19(17)22/h1-6,9,15-16,26H,7-8,10-12H2/t15-,16-/m0/s1. The van der Waals surface area contributed by atoms with E-state index in [1.807, 2.05) is 4.90 Å². The first-order valence-corrected chi connectivity index (χ1v) is 8.85. The topological polar surface area (TPSA) is 53.4 Å². The molecule has 0 saturated carbocycles. The summed E-state index contributed by atoms with van der Waals surface area (Å²) in [5.74, 6) is -1.01. The van der Waals surface area contributed by atoms with Gasteiger partial charge in [0.25, 0.3) is 0 Å². The van der Waals surface area contributed by atoms with Crippen LogP contribution in [0.15, 0.2) is 42.6 Å². The Morgan fingerprint density at radius 1 is 1.15 bits per heavy atom. The first-order chi connectivity index (χ1) is 12.5. The number of hydrogen-bond acceptors (Lipinski definition) is 3. The molecule has 2 aromatic rings. The fraction of sp³-hybridized carbons (Fsp3) is 0.400. The number of pyridine rings is 1. The number of hydrogen-bond donors (Lipinski definition) is 1. The molecule has 0 radical (unpaired) electrons. The average Bonchev–Trinajstić information content (AvgIpc) is 2.90. The van der Waals surface area contributed by atoms with Gasteiger partial charge in [0.15, 0.2) is 0 Å². The van der Waals surface area contributed by atoms with Crippen molar-refractivity contribution in [3.63, 3.8) is 0 Å². The Morgan fingerprint density at radius 2 is 1.81 bits per heavy atom. The number of aliphatic hydroxyl groups is 1. The molecule has 136 valence electrons. The van der Waals surface area contributed by atoms with E-state index in [0.29, 0.717) is 12.8 Å². The first-order valence-electron chi connectivity index (χ1n) is 8.85. The maximum atomic E-state index is 14.1.